The number of para-hydroxylation sites is 1. The summed E-state index contributed by atoms with van der Waals surface area (Å²) in [5.41, 5.74) is 3.92. The molecule has 0 saturated carbocycles. The first-order chi connectivity index (χ1) is 13.7. The van der Waals surface area contributed by atoms with E-state index in [4.69, 9.17) is 0 Å². The number of rotatable bonds is 1. The molecule has 0 N–H and O–H groups in total. The fourth-order valence-corrected chi connectivity index (χ4v) is 6.79. The molecule has 0 radical (unpaired) electrons. The van der Waals surface area contributed by atoms with Gasteiger partial charge in [-0.3, -0.25) is 0 Å². The van der Waals surface area contributed by atoms with Crippen molar-refractivity contribution in [3.63, 3.8) is 0 Å². The molecule has 0 aliphatic carbocycles. The molecular weight excluding hydrogens is 407 g/mol. The van der Waals surface area contributed by atoms with Gasteiger partial charge in [-0.05, 0) is 0 Å². The van der Waals surface area contributed by atoms with Crippen LogP contribution in [0.25, 0.3) is 46.9 Å². The van der Waals surface area contributed by atoms with Crippen LogP contribution in [0.3, 0.4) is 0 Å². The van der Waals surface area contributed by atoms with Crippen LogP contribution in [0.1, 0.15) is 5.56 Å². The summed E-state index contributed by atoms with van der Waals surface area (Å²) in [7, 11) is 2.12. The molecule has 0 amide bonds. The molecule has 0 saturated heterocycles. The normalized spacial score (nSPS) is 11.9. The minimum absolute atomic E-state index is 0.370. The summed E-state index contributed by atoms with van der Waals surface area (Å²) < 4.78 is 7.63. The van der Waals surface area contributed by atoms with Crippen molar-refractivity contribution in [3.05, 3.63) is 84.6 Å². The molecule has 0 aliphatic heterocycles. The fraction of sp³-hybridized carbons (Fsp3) is 0.0800. The molecule has 6 aromatic rings. The van der Waals surface area contributed by atoms with E-state index in [0.717, 1.165) is 0 Å². The summed E-state index contributed by atoms with van der Waals surface area (Å²) in [6, 6.07) is 26.8. The molecule has 3 aromatic heterocycles. The van der Waals surface area contributed by atoms with E-state index in [1.807, 2.05) is 0 Å². The molecule has 0 fully saturated rings. The molecule has 0 bridgehead atoms. The maximum absolute atomic E-state index is 2.44. The zero-order valence-corrected chi connectivity index (χ0v) is 17.5. The number of aryl methyl sites for hydroxylation is 2. The standard InChI is InChI=1S/C25H19N2Se/c1-16-8-7-10-18-19-14-20-17-9-3-4-11-22(17)28-23(20)15-21(19)27(25(16)18)24-12-5-6-13-26(24)2/h3-15H,1-2H3/q+1. The SMILES string of the molecule is Cc1cccc2c3cc4c(cc3n(-c3cccc[n+]3C)c12)[se]c1ccccc14. The Kier molecular flexibility index (Phi) is 3.35. The Morgan fingerprint density at radius 1 is 0.750 bits per heavy atom. The maximum atomic E-state index is 2.44. The zero-order valence-electron chi connectivity index (χ0n) is 15.8. The predicted octanol–water partition coefficient (Wildman–Crippen LogP) is 5.28. The van der Waals surface area contributed by atoms with Gasteiger partial charge in [0, 0.05) is 0 Å². The van der Waals surface area contributed by atoms with Crippen molar-refractivity contribution in [2.45, 2.75) is 6.92 Å². The molecule has 0 atom stereocenters. The van der Waals surface area contributed by atoms with Crippen LogP contribution in [0.15, 0.2) is 79.0 Å². The quantitative estimate of drug-likeness (QED) is 0.250. The van der Waals surface area contributed by atoms with E-state index in [-0.39, 0.29) is 0 Å². The summed E-state index contributed by atoms with van der Waals surface area (Å²) in [6.45, 7) is 2.22. The summed E-state index contributed by atoms with van der Waals surface area (Å²) >= 11 is 0.370. The van der Waals surface area contributed by atoms with Crippen LogP contribution in [0.2, 0.25) is 0 Å². The molecule has 28 heavy (non-hydrogen) atoms. The topological polar surface area (TPSA) is 8.81 Å². The fourth-order valence-electron chi connectivity index (χ4n) is 4.44. The molecule has 134 valence electrons. The Bertz CT molecular complexity index is 1530. The minimum atomic E-state index is 0.370. The average Bonchev–Trinajstić information content (AvgIpc) is 3.23. The third kappa shape index (κ3) is 2.12. The molecule has 0 unspecified atom stereocenters. The van der Waals surface area contributed by atoms with E-state index < -0.39 is 0 Å². The van der Waals surface area contributed by atoms with Crippen LogP contribution in [0.4, 0.5) is 0 Å². The molecule has 2 nitrogen and oxygen atoms in total. The molecular formula is C25H19N2Se+. The molecule has 0 aliphatic rings. The van der Waals surface area contributed by atoms with Crippen molar-refractivity contribution in [2.75, 3.05) is 0 Å². The van der Waals surface area contributed by atoms with Gasteiger partial charge in [-0.2, -0.15) is 0 Å². The van der Waals surface area contributed by atoms with Gasteiger partial charge >= 0.3 is 169 Å². The number of hydrogen-bond donors (Lipinski definition) is 0. The predicted molar refractivity (Wildman–Crippen MR) is 119 cm³/mol. The van der Waals surface area contributed by atoms with Gasteiger partial charge in [-0.15, -0.1) is 0 Å². The van der Waals surface area contributed by atoms with Gasteiger partial charge in [0.05, 0.1) is 0 Å². The van der Waals surface area contributed by atoms with Crippen molar-refractivity contribution >= 4 is 55.6 Å². The average molecular weight is 426 g/mol. The molecule has 6 rings (SSSR count). The Morgan fingerprint density at radius 2 is 1.57 bits per heavy atom. The van der Waals surface area contributed by atoms with E-state index in [0.29, 0.717) is 14.5 Å². The van der Waals surface area contributed by atoms with E-state index in [9.17, 15) is 0 Å². The Balaban J connectivity index is 1.87. The van der Waals surface area contributed by atoms with Crippen LogP contribution >= 0.6 is 0 Å². The first-order valence-electron chi connectivity index (χ1n) is 9.52. The second-order valence-corrected chi connectivity index (χ2v) is 9.71. The van der Waals surface area contributed by atoms with Crippen LogP contribution in [-0.4, -0.2) is 19.1 Å². The molecule has 3 aromatic carbocycles. The van der Waals surface area contributed by atoms with Crippen LogP contribution in [0, 0.1) is 6.92 Å². The van der Waals surface area contributed by atoms with Crippen molar-refractivity contribution in [1.29, 1.82) is 0 Å². The van der Waals surface area contributed by atoms with Crippen LogP contribution in [-0.2, 0) is 7.05 Å². The summed E-state index contributed by atoms with van der Waals surface area (Å²) in [4.78, 5) is 0. The van der Waals surface area contributed by atoms with Gasteiger partial charge in [0.2, 0.25) is 0 Å². The van der Waals surface area contributed by atoms with Gasteiger partial charge in [0.15, 0.2) is 0 Å². The molecule has 0 spiro atoms. The van der Waals surface area contributed by atoms with Crippen molar-refractivity contribution in [2.24, 2.45) is 7.05 Å². The second-order valence-electron chi connectivity index (χ2n) is 7.44. The van der Waals surface area contributed by atoms with Crippen LogP contribution < -0.4 is 4.57 Å². The van der Waals surface area contributed by atoms with Gasteiger partial charge in [-0.25, -0.2) is 0 Å². The number of pyridine rings is 1. The van der Waals surface area contributed by atoms with E-state index in [1.54, 1.807) is 0 Å². The van der Waals surface area contributed by atoms with E-state index >= 15 is 0 Å². The summed E-state index contributed by atoms with van der Waals surface area (Å²) in [5.74, 6) is 1.19. The second kappa shape index (κ2) is 5.81. The van der Waals surface area contributed by atoms with Crippen molar-refractivity contribution in [3.8, 4) is 5.82 Å². The first-order valence-corrected chi connectivity index (χ1v) is 11.2. The third-order valence-electron chi connectivity index (χ3n) is 5.74. The van der Waals surface area contributed by atoms with Crippen molar-refractivity contribution < 1.29 is 4.57 Å². The first kappa shape index (κ1) is 16.1. The zero-order chi connectivity index (χ0) is 18.8. The third-order valence-corrected chi connectivity index (χ3v) is 8.12. The summed E-state index contributed by atoms with van der Waals surface area (Å²) in [5, 5.41) is 5.51. The summed E-state index contributed by atoms with van der Waals surface area (Å²) in [6.07, 6.45) is 2.12. The Labute approximate surface area is 169 Å². The molecule has 3 heterocycles. The Hall–Kier alpha value is -2.87. The number of nitrogens with zero attached hydrogens (tertiary/aromatic N) is 2. The van der Waals surface area contributed by atoms with Crippen LogP contribution in [0.5, 0.6) is 0 Å². The monoisotopic (exact) mass is 427 g/mol. The van der Waals surface area contributed by atoms with Crippen molar-refractivity contribution in [1.82, 2.24) is 4.57 Å². The Morgan fingerprint density at radius 3 is 2.46 bits per heavy atom. The van der Waals surface area contributed by atoms with Gasteiger partial charge in [0.25, 0.3) is 0 Å². The van der Waals surface area contributed by atoms with Gasteiger partial charge < -0.3 is 0 Å². The number of hydrogen-bond acceptors (Lipinski definition) is 0. The van der Waals surface area contributed by atoms with Gasteiger partial charge in [0.1, 0.15) is 0 Å². The number of benzene rings is 3. The van der Waals surface area contributed by atoms with E-state index in [2.05, 4.69) is 102 Å². The van der Waals surface area contributed by atoms with E-state index in [1.165, 1.54) is 52.5 Å². The number of aromatic nitrogens is 2. The number of fused-ring (bicyclic) bond motifs is 6. The van der Waals surface area contributed by atoms with Gasteiger partial charge in [-0.1, -0.05) is 0 Å². The molecule has 3 heteroatoms.